The lowest BCUT2D eigenvalue weighted by Crippen LogP contribution is -2.64. The van der Waals surface area contributed by atoms with Gasteiger partial charge in [0.15, 0.2) is 0 Å². The molecule has 3 saturated carbocycles. The maximum atomic E-state index is 12.8. The summed E-state index contributed by atoms with van der Waals surface area (Å²) < 4.78 is 18.7. The van der Waals surface area contributed by atoms with Crippen molar-refractivity contribution in [2.75, 3.05) is 19.7 Å². The van der Waals surface area contributed by atoms with E-state index in [0.717, 1.165) is 18.4 Å². The molecule has 0 radical (unpaired) electrons. The highest BCUT2D eigenvalue weighted by atomic mass is 16.7. The SMILES string of the molecule is C=CC(=O)N1CC(COC(=O)N[C@@H](Cc2ccccc2)B2O[C@H]3[C@H]4C[C@@H](C[C@@]3(C)O2)C4(C)CC)C1. The van der Waals surface area contributed by atoms with Gasteiger partial charge in [-0.25, -0.2) is 4.79 Å². The van der Waals surface area contributed by atoms with Crippen LogP contribution in [0.4, 0.5) is 4.79 Å². The van der Waals surface area contributed by atoms with Crippen LogP contribution in [0.25, 0.3) is 0 Å². The van der Waals surface area contributed by atoms with E-state index in [1.165, 1.54) is 12.5 Å². The first-order valence-electron chi connectivity index (χ1n) is 13.0. The van der Waals surface area contributed by atoms with Gasteiger partial charge in [0.25, 0.3) is 0 Å². The fourth-order valence-electron chi connectivity index (χ4n) is 6.78. The second-order valence-electron chi connectivity index (χ2n) is 11.3. The smallest absolute Gasteiger partial charge is 0.449 e. The number of benzene rings is 1. The molecule has 2 amide bonds. The van der Waals surface area contributed by atoms with E-state index in [2.05, 4.69) is 32.7 Å². The Morgan fingerprint density at radius 3 is 2.74 bits per heavy atom. The Labute approximate surface area is 208 Å². The molecule has 5 aliphatic rings. The molecule has 1 aromatic rings. The summed E-state index contributed by atoms with van der Waals surface area (Å²) in [6, 6.07) is 10.1. The van der Waals surface area contributed by atoms with Crippen LogP contribution < -0.4 is 5.32 Å². The number of alkyl carbamates (subject to hydrolysis) is 1. The number of nitrogens with one attached hydrogen (secondary N) is 1. The maximum Gasteiger partial charge on any atom is 0.482 e. The Bertz CT molecular complexity index is 970. The average Bonchev–Trinajstić information content (AvgIpc) is 3.19. The quantitative estimate of drug-likeness (QED) is 0.454. The number of likely N-dealkylation sites (tertiary alicyclic amines) is 1. The van der Waals surface area contributed by atoms with Crippen molar-refractivity contribution in [1.29, 1.82) is 0 Å². The van der Waals surface area contributed by atoms with E-state index in [9.17, 15) is 9.59 Å². The van der Waals surface area contributed by atoms with E-state index in [1.54, 1.807) is 4.90 Å². The van der Waals surface area contributed by atoms with Gasteiger partial charge < -0.3 is 24.3 Å². The van der Waals surface area contributed by atoms with Crippen LogP contribution in [0, 0.1) is 23.2 Å². The highest BCUT2D eigenvalue weighted by Gasteiger charge is 2.68. The van der Waals surface area contributed by atoms with Gasteiger partial charge in [-0.05, 0) is 55.1 Å². The maximum absolute atomic E-state index is 12.8. The van der Waals surface area contributed by atoms with Crippen LogP contribution >= 0.6 is 0 Å². The number of rotatable bonds is 8. The Morgan fingerprint density at radius 1 is 1.31 bits per heavy atom. The third-order valence-corrected chi connectivity index (χ3v) is 9.19. The molecule has 8 heteroatoms. The van der Waals surface area contributed by atoms with Gasteiger partial charge in [0.05, 0.1) is 24.3 Å². The molecule has 0 spiro atoms. The van der Waals surface area contributed by atoms with Crippen LogP contribution in [0.5, 0.6) is 0 Å². The molecule has 35 heavy (non-hydrogen) atoms. The standard InChI is InChI=1S/C27H37BN2O5/c1-5-23(31)30-15-19(16-30)17-33-25(32)29-22(12-18-10-8-7-9-11-18)28-34-24-21-13-20(26(21,3)6-2)14-27(24,4)35-28/h5,7-11,19-22,24H,1,6,12-17H2,2-4H3,(H,29,32)/t20-,21+,22-,24-,26?,27+/m0/s1. The van der Waals surface area contributed by atoms with Crippen molar-refractivity contribution in [2.24, 2.45) is 23.2 Å². The lowest BCUT2D eigenvalue weighted by molar-refractivity contribution is -0.194. The molecule has 1 unspecified atom stereocenters. The lowest BCUT2D eigenvalue weighted by atomic mass is 9.43. The first kappa shape index (κ1) is 24.4. The van der Waals surface area contributed by atoms with Gasteiger partial charge in [-0.2, -0.15) is 0 Å². The van der Waals surface area contributed by atoms with Gasteiger partial charge in [-0.3, -0.25) is 4.79 Å². The van der Waals surface area contributed by atoms with Crippen LogP contribution in [-0.2, 0) is 25.3 Å². The number of hydrogen-bond donors (Lipinski definition) is 1. The predicted octanol–water partition coefficient (Wildman–Crippen LogP) is 3.63. The summed E-state index contributed by atoms with van der Waals surface area (Å²) in [6.45, 7) is 11.8. The van der Waals surface area contributed by atoms with Crippen molar-refractivity contribution in [1.82, 2.24) is 10.2 Å². The van der Waals surface area contributed by atoms with Crippen LogP contribution in [0.1, 0.15) is 45.6 Å². The number of nitrogens with zero attached hydrogens (tertiary/aromatic N) is 1. The van der Waals surface area contributed by atoms with E-state index in [4.69, 9.17) is 14.0 Å². The monoisotopic (exact) mass is 480 g/mol. The van der Waals surface area contributed by atoms with E-state index in [-0.39, 0.29) is 36.1 Å². The summed E-state index contributed by atoms with van der Waals surface area (Å²) in [5.41, 5.74) is 1.10. The first-order valence-corrected chi connectivity index (χ1v) is 13.0. The van der Waals surface area contributed by atoms with E-state index in [1.807, 2.05) is 30.3 Å². The number of carbonyl (C=O) groups excluding carboxylic acids is 2. The van der Waals surface area contributed by atoms with Crippen molar-refractivity contribution >= 4 is 19.1 Å². The molecular formula is C27H37BN2O5. The van der Waals surface area contributed by atoms with Gasteiger partial charge >= 0.3 is 13.2 Å². The second kappa shape index (κ2) is 9.28. The highest BCUT2D eigenvalue weighted by molar-refractivity contribution is 6.47. The molecule has 1 N–H and O–H groups in total. The number of hydrogen-bond acceptors (Lipinski definition) is 5. The molecule has 188 valence electrons. The zero-order chi connectivity index (χ0) is 24.8. The van der Waals surface area contributed by atoms with Crippen molar-refractivity contribution < 1.29 is 23.6 Å². The third-order valence-electron chi connectivity index (χ3n) is 9.19. The van der Waals surface area contributed by atoms with E-state index >= 15 is 0 Å². The second-order valence-corrected chi connectivity index (χ2v) is 11.3. The topological polar surface area (TPSA) is 77.1 Å². The molecule has 5 fully saturated rings. The summed E-state index contributed by atoms with van der Waals surface area (Å²) in [5.74, 6) is 0.859. The molecule has 7 nitrogen and oxygen atoms in total. The van der Waals surface area contributed by atoms with Gasteiger partial charge in [-0.15, -0.1) is 0 Å². The van der Waals surface area contributed by atoms with Gasteiger partial charge in [0, 0.05) is 19.0 Å². The first-order chi connectivity index (χ1) is 16.8. The zero-order valence-corrected chi connectivity index (χ0v) is 21.1. The van der Waals surface area contributed by atoms with Gasteiger partial charge in [0.2, 0.25) is 5.91 Å². The molecule has 6 atom stereocenters. The number of carbonyl (C=O) groups is 2. The molecule has 3 aliphatic carbocycles. The molecule has 2 bridgehead atoms. The Kier molecular flexibility index (Phi) is 6.47. The van der Waals surface area contributed by atoms with Crippen LogP contribution in [0.3, 0.4) is 0 Å². The Hall–Kier alpha value is -2.32. The summed E-state index contributed by atoms with van der Waals surface area (Å²) in [6.07, 6.45) is 4.82. The predicted molar refractivity (Wildman–Crippen MR) is 133 cm³/mol. The van der Waals surface area contributed by atoms with Crippen LogP contribution in [0.15, 0.2) is 43.0 Å². The highest BCUT2D eigenvalue weighted by Crippen LogP contribution is 2.66. The van der Waals surface area contributed by atoms with E-state index in [0.29, 0.717) is 36.8 Å². The van der Waals surface area contributed by atoms with Crippen LogP contribution in [0.2, 0.25) is 0 Å². The molecule has 2 aliphatic heterocycles. The van der Waals surface area contributed by atoms with Gasteiger partial charge in [-0.1, -0.05) is 57.2 Å². The summed E-state index contributed by atoms with van der Waals surface area (Å²) >= 11 is 0. The number of amides is 2. The number of ether oxygens (including phenoxy) is 1. The molecule has 2 heterocycles. The van der Waals surface area contributed by atoms with Crippen molar-refractivity contribution in [3.05, 3.63) is 48.6 Å². The minimum Gasteiger partial charge on any atom is -0.449 e. The summed E-state index contributed by atoms with van der Waals surface area (Å²) in [7, 11) is -0.525. The summed E-state index contributed by atoms with van der Waals surface area (Å²) in [4.78, 5) is 26.1. The minimum absolute atomic E-state index is 0.0434. The Morgan fingerprint density at radius 2 is 2.06 bits per heavy atom. The molecule has 0 aromatic heterocycles. The van der Waals surface area contributed by atoms with Crippen molar-refractivity contribution in [3.63, 3.8) is 0 Å². The molecule has 1 aromatic carbocycles. The minimum atomic E-state index is -0.525. The molecular weight excluding hydrogens is 443 g/mol. The van der Waals surface area contributed by atoms with E-state index < -0.39 is 13.2 Å². The lowest BCUT2D eigenvalue weighted by Gasteiger charge is -2.64. The Balaban J connectivity index is 1.23. The van der Waals surface area contributed by atoms with Crippen molar-refractivity contribution in [2.45, 2.75) is 64.1 Å². The van der Waals surface area contributed by atoms with Crippen LogP contribution in [-0.4, -0.2) is 61.4 Å². The average molecular weight is 480 g/mol. The largest absolute Gasteiger partial charge is 0.482 e. The third kappa shape index (κ3) is 4.40. The normalized spacial score (nSPS) is 34.3. The molecule has 6 rings (SSSR count). The summed E-state index contributed by atoms with van der Waals surface area (Å²) in [5, 5.41) is 3.04. The van der Waals surface area contributed by atoms with Crippen molar-refractivity contribution in [3.8, 4) is 0 Å². The van der Waals surface area contributed by atoms with Gasteiger partial charge in [0.1, 0.15) is 0 Å². The fourth-order valence-corrected chi connectivity index (χ4v) is 6.78. The zero-order valence-electron chi connectivity index (χ0n) is 21.1. The molecule has 2 saturated heterocycles. The fraction of sp³-hybridized carbons (Fsp3) is 0.630.